The van der Waals surface area contributed by atoms with Crippen LogP contribution in [-0.4, -0.2) is 54.8 Å². The third-order valence-electron chi connectivity index (χ3n) is 3.71. The molecule has 0 atom stereocenters. The predicted octanol–water partition coefficient (Wildman–Crippen LogP) is 4.43. The number of nitrogens with zero attached hydrogens (tertiary/aromatic N) is 1. The lowest BCUT2D eigenvalue weighted by Crippen LogP contribution is -2.50. The normalized spacial score (nSPS) is 14.8. The summed E-state index contributed by atoms with van der Waals surface area (Å²) in [4.78, 5) is 10.1. The summed E-state index contributed by atoms with van der Waals surface area (Å²) in [5, 5.41) is 0. The van der Waals surface area contributed by atoms with Crippen molar-refractivity contribution >= 4 is 7.37 Å². The Hall–Kier alpha value is -0.550. The third-order valence-corrected chi connectivity index (χ3v) is 5.70. The van der Waals surface area contributed by atoms with Crippen molar-refractivity contribution in [3.8, 4) is 0 Å². The maximum absolute atomic E-state index is 12.1. The third kappa shape index (κ3) is 5.46. The van der Waals surface area contributed by atoms with Crippen LogP contribution in [-0.2, 0) is 4.57 Å². The van der Waals surface area contributed by atoms with Gasteiger partial charge in [0.2, 0.25) is 0 Å². The molecule has 14 heteroatoms. The number of quaternary nitrogens is 1. The molecule has 0 radical (unpaired) electrons. The summed E-state index contributed by atoms with van der Waals surface area (Å²) >= 11 is 0. The van der Waals surface area contributed by atoms with Crippen molar-refractivity contribution in [3.63, 3.8) is 0 Å². The fourth-order valence-electron chi connectivity index (χ4n) is 1.18. The van der Waals surface area contributed by atoms with Crippen LogP contribution in [0.15, 0.2) is 0 Å². The summed E-state index contributed by atoms with van der Waals surface area (Å²) < 4.78 is 128. The van der Waals surface area contributed by atoms with Gasteiger partial charge in [-0.2, -0.15) is 43.9 Å². The largest absolute Gasteiger partial charge is 0.790 e. The van der Waals surface area contributed by atoms with Crippen molar-refractivity contribution in [2.45, 2.75) is 44.5 Å². The van der Waals surface area contributed by atoms with Crippen molar-refractivity contribution in [1.82, 2.24) is 0 Å². The molecule has 0 saturated carbocycles. The van der Waals surface area contributed by atoms with Crippen molar-refractivity contribution in [1.29, 1.82) is 0 Å². The van der Waals surface area contributed by atoms with E-state index in [4.69, 9.17) is 0 Å². The Bertz CT molecular complexity index is 432. The molecule has 0 aliphatic heterocycles. The summed E-state index contributed by atoms with van der Waals surface area (Å²) in [6, 6.07) is 0. The number of halogens is 10. The Morgan fingerprint density at radius 3 is 1.00 bits per heavy atom. The Morgan fingerprint density at radius 1 is 0.720 bits per heavy atom. The number of rotatable bonds is 5. The number of alkyl halides is 10. The predicted molar refractivity (Wildman–Crippen MR) is 67.4 cm³/mol. The second-order valence-corrected chi connectivity index (χ2v) is 7.42. The first-order valence-electron chi connectivity index (χ1n) is 6.72. The molecule has 154 valence electrons. The van der Waals surface area contributed by atoms with Gasteiger partial charge in [-0.25, -0.2) is 0 Å². The molecule has 0 aromatic carbocycles. The van der Waals surface area contributed by atoms with Gasteiger partial charge in [-0.15, -0.1) is 0 Å². The minimum Gasteiger partial charge on any atom is -0.790 e. The molecule has 0 N–H and O–H groups in total. The standard InChI is InChI=1S/C7H18N.C4HF10O2P/c1-5-8(4,6-2)7-3;5-1(6,7)3(11,12)17(15,16)4(13,14)2(8,9)10/h5-7H2,1-4H3;(H,15,16)/q+1;/p-1. The molecule has 0 rings (SSSR count). The summed E-state index contributed by atoms with van der Waals surface area (Å²) in [6.45, 7) is 10.5. The van der Waals surface area contributed by atoms with Gasteiger partial charge in [0.15, 0.2) is 7.37 Å². The van der Waals surface area contributed by atoms with Crippen LogP contribution in [0.25, 0.3) is 0 Å². The highest BCUT2D eigenvalue weighted by molar-refractivity contribution is 7.59. The van der Waals surface area contributed by atoms with E-state index in [9.17, 15) is 53.4 Å². The fourth-order valence-corrected chi connectivity index (χ4v) is 2.20. The van der Waals surface area contributed by atoms with Crippen molar-refractivity contribution in [3.05, 3.63) is 0 Å². The molecule has 0 unspecified atom stereocenters. The number of hydrogen-bond donors (Lipinski definition) is 0. The van der Waals surface area contributed by atoms with E-state index in [2.05, 4.69) is 27.8 Å². The van der Waals surface area contributed by atoms with Crippen LogP contribution in [0.1, 0.15) is 20.8 Å². The number of hydrogen-bond acceptors (Lipinski definition) is 2. The fraction of sp³-hybridized carbons (Fsp3) is 1.00. The van der Waals surface area contributed by atoms with Crippen LogP contribution in [0.3, 0.4) is 0 Å². The van der Waals surface area contributed by atoms with Gasteiger partial charge in [-0.1, -0.05) is 0 Å². The van der Waals surface area contributed by atoms with Crippen LogP contribution in [0, 0.1) is 0 Å². The molecule has 0 bridgehead atoms. The van der Waals surface area contributed by atoms with Crippen molar-refractivity contribution in [2.24, 2.45) is 0 Å². The second-order valence-electron chi connectivity index (χ2n) is 5.20. The topological polar surface area (TPSA) is 40.1 Å². The SMILES string of the molecule is CC[N+](C)(CC)CC.O=P([O-])(C(F)(F)C(F)(F)F)C(F)(F)C(F)(F)F. The molecular formula is C11H18F10NO2P. The van der Waals surface area contributed by atoms with Gasteiger partial charge in [0.1, 0.15) is 0 Å². The molecule has 0 fully saturated rings. The maximum atomic E-state index is 12.1. The van der Waals surface area contributed by atoms with Gasteiger partial charge in [-0.05, 0) is 20.8 Å². The molecule has 0 saturated heterocycles. The summed E-state index contributed by atoms with van der Waals surface area (Å²) in [5.74, 6) is 0. The van der Waals surface area contributed by atoms with E-state index < -0.39 is 31.0 Å². The first-order valence-corrected chi connectivity index (χ1v) is 8.34. The Labute approximate surface area is 137 Å². The lowest BCUT2D eigenvalue weighted by Gasteiger charge is -2.38. The Morgan fingerprint density at radius 2 is 0.920 bits per heavy atom. The van der Waals surface area contributed by atoms with Crippen LogP contribution in [0.2, 0.25) is 0 Å². The van der Waals surface area contributed by atoms with Gasteiger partial charge in [0.05, 0.1) is 26.7 Å². The molecule has 0 aromatic rings. The molecular weight excluding hydrogens is 399 g/mol. The molecule has 0 aromatic heterocycles. The summed E-state index contributed by atoms with van der Waals surface area (Å²) in [5.41, 5.74) is -14.4. The zero-order valence-electron chi connectivity index (χ0n) is 13.6. The lowest BCUT2D eigenvalue weighted by atomic mass is 10.4. The van der Waals surface area contributed by atoms with Crippen molar-refractivity contribution < 1.29 is 57.8 Å². The van der Waals surface area contributed by atoms with Gasteiger partial charge < -0.3 is 13.9 Å². The molecule has 3 nitrogen and oxygen atoms in total. The van der Waals surface area contributed by atoms with E-state index in [0.717, 1.165) is 0 Å². The first kappa shape index (κ1) is 26.7. The highest BCUT2D eigenvalue weighted by atomic mass is 31.2. The molecule has 0 heterocycles. The van der Waals surface area contributed by atoms with Crippen LogP contribution in [0.5, 0.6) is 0 Å². The average molecular weight is 417 g/mol. The van der Waals surface area contributed by atoms with E-state index in [1.165, 1.54) is 24.1 Å². The highest BCUT2D eigenvalue weighted by Crippen LogP contribution is 2.72. The van der Waals surface area contributed by atoms with Crippen LogP contribution >= 0.6 is 7.37 Å². The van der Waals surface area contributed by atoms with E-state index >= 15 is 0 Å². The van der Waals surface area contributed by atoms with E-state index in [1.54, 1.807) is 0 Å². The second kappa shape index (κ2) is 7.99. The van der Waals surface area contributed by atoms with Gasteiger partial charge in [0, 0.05) is 0 Å². The maximum Gasteiger partial charge on any atom is 0.459 e. The van der Waals surface area contributed by atoms with Gasteiger partial charge >= 0.3 is 23.7 Å². The monoisotopic (exact) mass is 417 g/mol. The lowest BCUT2D eigenvalue weighted by molar-refractivity contribution is -0.904. The highest BCUT2D eigenvalue weighted by Gasteiger charge is 2.78. The smallest absolute Gasteiger partial charge is 0.459 e. The zero-order valence-corrected chi connectivity index (χ0v) is 14.5. The quantitative estimate of drug-likeness (QED) is 0.377. The van der Waals surface area contributed by atoms with Crippen molar-refractivity contribution in [2.75, 3.05) is 26.7 Å². The average Bonchev–Trinajstić information content (AvgIpc) is 2.44. The van der Waals surface area contributed by atoms with Gasteiger partial charge in [0.25, 0.3) is 0 Å². The van der Waals surface area contributed by atoms with Crippen LogP contribution in [0.4, 0.5) is 43.9 Å². The summed E-state index contributed by atoms with van der Waals surface area (Å²) in [6.07, 6.45) is -14.2. The zero-order chi connectivity index (χ0) is 21.1. The minimum atomic E-state index is -8.51. The van der Waals surface area contributed by atoms with E-state index in [1.807, 2.05) is 0 Å². The molecule has 0 aliphatic carbocycles. The summed E-state index contributed by atoms with van der Waals surface area (Å²) in [7, 11) is -6.22. The molecule has 0 aliphatic rings. The molecule has 25 heavy (non-hydrogen) atoms. The van der Waals surface area contributed by atoms with E-state index in [-0.39, 0.29) is 0 Å². The Balaban J connectivity index is 0. The molecule has 0 amide bonds. The Kier molecular flexibility index (Phi) is 8.53. The van der Waals surface area contributed by atoms with Crippen LogP contribution < -0.4 is 4.89 Å². The minimum absolute atomic E-state index is 1.21. The molecule has 0 spiro atoms. The van der Waals surface area contributed by atoms with E-state index in [0.29, 0.717) is 0 Å². The van der Waals surface area contributed by atoms with Gasteiger partial charge in [-0.3, -0.25) is 0 Å². The first-order chi connectivity index (χ1) is 10.7.